The van der Waals surface area contributed by atoms with Crippen LogP contribution in [0.5, 0.6) is 0 Å². The second-order valence-electron chi connectivity index (χ2n) is 2.74. The highest BCUT2D eigenvalue weighted by molar-refractivity contribution is 5.80. The van der Waals surface area contributed by atoms with Gasteiger partial charge in [-0.3, -0.25) is 5.32 Å². The van der Waals surface area contributed by atoms with Gasteiger partial charge in [-0.1, -0.05) is 0 Å². The Bertz CT molecular complexity index is 195. The maximum Gasteiger partial charge on any atom is 0.417 e. The van der Waals surface area contributed by atoms with Gasteiger partial charge in [0.25, 0.3) is 0 Å². The summed E-state index contributed by atoms with van der Waals surface area (Å²) in [5.74, 6) is -1.84. The largest absolute Gasteiger partial charge is 0.480 e. The highest BCUT2D eigenvalue weighted by Crippen LogP contribution is 2.37. The Morgan fingerprint density at radius 1 is 1.50 bits per heavy atom. The average molecular weight is 183 g/mol. The van der Waals surface area contributed by atoms with Crippen LogP contribution in [0.1, 0.15) is 12.8 Å². The third-order valence-corrected chi connectivity index (χ3v) is 2.00. The molecule has 0 saturated carbocycles. The van der Waals surface area contributed by atoms with Gasteiger partial charge < -0.3 is 5.11 Å². The zero-order chi connectivity index (χ0) is 9.41. The van der Waals surface area contributed by atoms with E-state index in [4.69, 9.17) is 5.11 Å². The molecule has 1 saturated heterocycles. The van der Waals surface area contributed by atoms with Crippen molar-refractivity contribution in [2.24, 2.45) is 0 Å². The summed E-state index contributed by atoms with van der Waals surface area (Å²) in [4.78, 5) is 10.4. The lowest BCUT2D eigenvalue weighted by Crippen LogP contribution is -2.58. The lowest BCUT2D eigenvalue weighted by molar-refractivity contribution is -0.206. The monoisotopic (exact) mass is 183 g/mol. The fourth-order valence-corrected chi connectivity index (χ4v) is 1.29. The van der Waals surface area contributed by atoms with E-state index in [9.17, 15) is 18.0 Å². The molecule has 0 amide bonds. The van der Waals surface area contributed by atoms with E-state index in [0.29, 0.717) is 0 Å². The van der Waals surface area contributed by atoms with Gasteiger partial charge in [-0.15, -0.1) is 0 Å². The Balaban J connectivity index is 2.94. The Kier molecular flexibility index (Phi) is 2.03. The first-order valence-electron chi connectivity index (χ1n) is 3.45. The molecular formula is C6H8F3NO2. The molecule has 1 aliphatic heterocycles. The number of rotatable bonds is 1. The molecule has 1 heterocycles. The number of hydrogen-bond donors (Lipinski definition) is 2. The summed E-state index contributed by atoms with van der Waals surface area (Å²) in [6.45, 7) is 0.103. The van der Waals surface area contributed by atoms with Crippen molar-refractivity contribution in [2.75, 3.05) is 6.54 Å². The minimum Gasteiger partial charge on any atom is -0.480 e. The molecule has 0 spiro atoms. The summed E-state index contributed by atoms with van der Waals surface area (Å²) in [7, 11) is 0. The average Bonchev–Trinajstić information content (AvgIpc) is 2.31. The van der Waals surface area contributed by atoms with Crippen LogP contribution in [-0.2, 0) is 4.79 Å². The van der Waals surface area contributed by atoms with E-state index in [-0.39, 0.29) is 19.4 Å². The highest BCUT2D eigenvalue weighted by Gasteiger charge is 2.61. The zero-order valence-electron chi connectivity index (χ0n) is 6.11. The zero-order valence-corrected chi connectivity index (χ0v) is 6.11. The van der Waals surface area contributed by atoms with Gasteiger partial charge in [-0.2, -0.15) is 13.2 Å². The summed E-state index contributed by atoms with van der Waals surface area (Å²) in [5.41, 5.74) is -2.70. The number of carboxylic acids is 1. The molecule has 1 atom stereocenters. The standard InChI is InChI=1S/C6H8F3NO2/c7-6(8,9)5(4(11)12)2-1-3-10-5/h10H,1-3H2,(H,11,12). The van der Waals surface area contributed by atoms with Gasteiger partial charge in [0.1, 0.15) is 0 Å². The third kappa shape index (κ3) is 1.16. The van der Waals surface area contributed by atoms with Crippen molar-refractivity contribution in [3.05, 3.63) is 0 Å². The van der Waals surface area contributed by atoms with E-state index < -0.39 is 17.7 Å². The van der Waals surface area contributed by atoms with Crippen molar-refractivity contribution in [2.45, 2.75) is 24.6 Å². The van der Waals surface area contributed by atoms with Gasteiger partial charge in [-0.05, 0) is 19.4 Å². The molecule has 0 radical (unpaired) electrons. The van der Waals surface area contributed by atoms with Crippen LogP contribution in [0.15, 0.2) is 0 Å². The summed E-state index contributed by atoms with van der Waals surface area (Å²) >= 11 is 0. The van der Waals surface area contributed by atoms with Crippen LogP contribution in [0, 0.1) is 0 Å². The van der Waals surface area contributed by atoms with Crippen LogP contribution in [-0.4, -0.2) is 29.3 Å². The first-order chi connectivity index (χ1) is 5.40. The van der Waals surface area contributed by atoms with Gasteiger partial charge in [0, 0.05) is 0 Å². The number of hydrogen-bond acceptors (Lipinski definition) is 2. The normalized spacial score (nSPS) is 30.6. The van der Waals surface area contributed by atoms with Crippen LogP contribution in [0.4, 0.5) is 13.2 Å². The van der Waals surface area contributed by atoms with E-state index in [2.05, 4.69) is 0 Å². The molecule has 0 aliphatic carbocycles. The van der Waals surface area contributed by atoms with Crippen molar-refractivity contribution < 1.29 is 23.1 Å². The Labute approximate surface area is 66.6 Å². The van der Waals surface area contributed by atoms with Crippen LogP contribution in [0.25, 0.3) is 0 Å². The predicted octanol–water partition coefficient (Wildman–Crippen LogP) is 0.755. The maximum atomic E-state index is 12.2. The topological polar surface area (TPSA) is 49.3 Å². The number of alkyl halides is 3. The molecule has 0 bridgehead atoms. The number of aliphatic carboxylic acids is 1. The van der Waals surface area contributed by atoms with E-state index in [0.717, 1.165) is 0 Å². The van der Waals surface area contributed by atoms with Gasteiger partial charge in [0.2, 0.25) is 5.54 Å². The Hall–Kier alpha value is -0.780. The second-order valence-corrected chi connectivity index (χ2v) is 2.74. The van der Waals surface area contributed by atoms with Gasteiger partial charge in [0.15, 0.2) is 0 Å². The maximum absolute atomic E-state index is 12.2. The lowest BCUT2D eigenvalue weighted by Gasteiger charge is -2.26. The van der Waals surface area contributed by atoms with Crippen LogP contribution in [0.3, 0.4) is 0 Å². The molecule has 1 aliphatic rings. The number of halogens is 3. The van der Waals surface area contributed by atoms with E-state index in [1.54, 1.807) is 0 Å². The van der Waals surface area contributed by atoms with Crippen molar-refractivity contribution >= 4 is 5.97 Å². The highest BCUT2D eigenvalue weighted by atomic mass is 19.4. The first-order valence-corrected chi connectivity index (χ1v) is 3.45. The summed E-state index contributed by atoms with van der Waals surface area (Å²) in [6.07, 6.45) is -4.85. The Morgan fingerprint density at radius 3 is 2.25 bits per heavy atom. The van der Waals surface area contributed by atoms with Crippen LogP contribution in [0.2, 0.25) is 0 Å². The van der Waals surface area contributed by atoms with Gasteiger partial charge >= 0.3 is 12.1 Å². The molecule has 1 rings (SSSR count). The quantitative estimate of drug-likeness (QED) is 0.630. The van der Waals surface area contributed by atoms with Crippen molar-refractivity contribution in [1.29, 1.82) is 0 Å². The molecule has 0 aromatic heterocycles. The minimum absolute atomic E-state index is 0.103. The molecular weight excluding hydrogens is 175 g/mol. The van der Waals surface area contributed by atoms with Gasteiger partial charge in [-0.25, -0.2) is 4.79 Å². The van der Waals surface area contributed by atoms with E-state index in [1.807, 2.05) is 5.32 Å². The van der Waals surface area contributed by atoms with Crippen molar-refractivity contribution in [1.82, 2.24) is 5.32 Å². The minimum atomic E-state index is -4.71. The Morgan fingerprint density at radius 2 is 2.08 bits per heavy atom. The predicted molar refractivity (Wildman–Crippen MR) is 33.7 cm³/mol. The molecule has 6 heteroatoms. The fourth-order valence-electron chi connectivity index (χ4n) is 1.29. The molecule has 70 valence electrons. The molecule has 2 N–H and O–H groups in total. The lowest BCUT2D eigenvalue weighted by atomic mass is 9.97. The summed E-state index contributed by atoms with van der Waals surface area (Å²) < 4.78 is 36.7. The number of carbonyl (C=O) groups is 1. The van der Waals surface area contributed by atoms with E-state index in [1.165, 1.54) is 0 Å². The summed E-state index contributed by atoms with van der Waals surface area (Å²) in [5, 5.41) is 10.4. The molecule has 12 heavy (non-hydrogen) atoms. The van der Waals surface area contributed by atoms with Crippen LogP contribution >= 0.6 is 0 Å². The second kappa shape index (κ2) is 2.62. The fraction of sp³-hybridized carbons (Fsp3) is 0.833. The summed E-state index contributed by atoms with van der Waals surface area (Å²) in [6, 6.07) is 0. The molecule has 3 nitrogen and oxygen atoms in total. The van der Waals surface area contributed by atoms with Crippen molar-refractivity contribution in [3.8, 4) is 0 Å². The number of nitrogens with one attached hydrogen (secondary N) is 1. The molecule has 0 aromatic rings. The SMILES string of the molecule is O=C(O)C1(C(F)(F)F)CCCN1. The smallest absolute Gasteiger partial charge is 0.417 e. The van der Waals surface area contributed by atoms with Gasteiger partial charge in [0.05, 0.1) is 0 Å². The first kappa shape index (κ1) is 9.31. The number of carboxylic acid groups (broad SMARTS) is 1. The molecule has 1 fully saturated rings. The van der Waals surface area contributed by atoms with Crippen molar-refractivity contribution in [3.63, 3.8) is 0 Å². The molecule has 1 unspecified atom stereocenters. The molecule has 0 aromatic carbocycles. The third-order valence-electron chi connectivity index (χ3n) is 2.00. The van der Waals surface area contributed by atoms with E-state index >= 15 is 0 Å². The van der Waals surface area contributed by atoms with Crippen LogP contribution < -0.4 is 5.32 Å².